The fourth-order valence-electron chi connectivity index (χ4n) is 2.06. The highest BCUT2D eigenvalue weighted by atomic mass is 35.5. The van der Waals surface area contributed by atoms with E-state index < -0.39 is 29.6 Å². The largest absolute Gasteiger partial charge is 0.465 e. The first-order valence-corrected chi connectivity index (χ1v) is 8.50. The molecule has 1 atom stereocenters. The van der Waals surface area contributed by atoms with Crippen molar-refractivity contribution >= 4 is 35.3 Å². The van der Waals surface area contributed by atoms with Crippen LogP contribution < -0.4 is 10.6 Å². The lowest BCUT2D eigenvalue weighted by atomic mass is 10.0. The second-order valence-electron chi connectivity index (χ2n) is 7.04. The summed E-state index contributed by atoms with van der Waals surface area (Å²) in [5, 5.41) is 5.43. The zero-order chi connectivity index (χ0) is 20.1. The van der Waals surface area contributed by atoms with Crippen LogP contribution in [-0.4, -0.2) is 36.7 Å². The predicted molar refractivity (Wildman–Crippen MR) is 99.4 cm³/mol. The van der Waals surface area contributed by atoms with Crippen molar-refractivity contribution in [3.05, 3.63) is 28.8 Å². The van der Waals surface area contributed by atoms with Gasteiger partial charge in [0.2, 0.25) is 5.91 Å². The number of hydrogen-bond donors (Lipinski definition) is 2. The van der Waals surface area contributed by atoms with Crippen LogP contribution in [0.25, 0.3) is 0 Å². The fourth-order valence-corrected chi connectivity index (χ4v) is 2.25. The van der Waals surface area contributed by atoms with Crippen molar-refractivity contribution in [3.8, 4) is 0 Å². The molecule has 0 spiro atoms. The molecule has 0 aliphatic rings. The Bertz CT molecular complexity index is 683. The van der Waals surface area contributed by atoms with E-state index in [1.165, 1.54) is 19.2 Å². The van der Waals surface area contributed by atoms with Gasteiger partial charge in [-0.05, 0) is 44.9 Å². The molecule has 0 aliphatic heterocycles. The maximum atomic E-state index is 12.6. The molecule has 144 valence electrons. The van der Waals surface area contributed by atoms with E-state index in [-0.39, 0.29) is 16.5 Å². The van der Waals surface area contributed by atoms with Crippen molar-refractivity contribution in [3.63, 3.8) is 0 Å². The number of rotatable bonds is 5. The molecule has 1 unspecified atom stereocenters. The zero-order valence-corrected chi connectivity index (χ0v) is 16.6. The Labute approximate surface area is 158 Å². The molecule has 0 aliphatic carbocycles. The minimum Gasteiger partial charge on any atom is -0.465 e. The Morgan fingerprint density at radius 2 is 1.77 bits per heavy atom. The maximum Gasteiger partial charge on any atom is 0.408 e. The predicted octanol–water partition coefficient (Wildman–Crippen LogP) is 3.61. The molecule has 2 amide bonds. The van der Waals surface area contributed by atoms with Gasteiger partial charge in [-0.15, -0.1) is 0 Å². The molecule has 0 heterocycles. The van der Waals surface area contributed by atoms with E-state index in [0.29, 0.717) is 5.69 Å². The molecule has 0 saturated heterocycles. The highest BCUT2D eigenvalue weighted by molar-refractivity contribution is 6.33. The Morgan fingerprint density at radius 1 is 1.15 bits per heavy atom. The second-order valence-corrected chi connectivity index (χ2v) is 7.45. The Morgan fingerprint density at radius 3 is 2.27 bits per heavy atom. The first kappa shape index (κ1) is 21.8. The van der Waals surface area contributed by atoms with Gasteiger partial charge in [-0.25, -0.2) is 9.59 Å². The number of alkyl carbamates (subject to hydrolysis) is 1. The monoisotopic (exact) mass is 384 g/mol. The van der Waals surface area contributed by atoms with Gasteiger partial charge in [-0.1, -0.05) is 25.4 Å². The number of carbonyl (C=O) groups excluding carboxylic acids is 3. The van der Waals surface area contributed by atoms with Gasteiger partial charge in [0.15, 0.2) is 0 Å². The van der Waals surface area contributed by atoms with Crippen LogP contribution in [0.3, 0.4) is 0 Å². The summed E-state index contributed by atoms with van der Waals surface area (Å²) in [5.74, 6) is -1.24. The van der Waals surface area contributed by atoms with Gasteiger partial charge in [0.1, 0.15) is 11.6 Å². The molecule has 1 aromatic carbocycles. The van der Waals surface area contributed by atoms with Crippen LogP contribution in [0.15, 0.2) is 18.2 Å². The maximum absolute atomic E-state index is 12.6. The summed E-state index contributed by atoms with van der Waals surface area (Å²) < 4.78 is 9.84. The van der Waals surface area contributed by atoms with Gasteiger partial charge in [-0.3, -0.25) is 4.79 Å². The summed E-state index contributed by atoms with van der Waals surface area (Å²) in [6.45, 7) is 8.80. The van der Waals surface area contributed by atoms with E-state index in [2.05, 4.69) is 15.4 Å². The average Bonchev–Trinajstić information content (AvgIpc) is 2.51. The summed E-state index contributed by atoms with van der Waals surface area (Å²) in [6.07, 6.45) is -0.683. The van der Waals surface area contributed by atoms with Crippen LogP contribution in [0, 0.1) is 5.92 Å². The zero-order valence-electron chi connectivity index (χ0n) is 15.8. The third kappa shape index (κ3) is 6.55. The topological polar surface area (TPSA) is 93.7 Å². The first-order valence-electron chi connectivity index (χ1n) is 8.13. The lowest BCUT2D eigenvalue weighted by molar-refractivity contribution is -0.119. The van der Waals surface area contributed by atoms with Crippen LogP contribution in [0.1, 0.15) is 45.0 Å². The number of anilines is 1. The van der Waals surface area contributed by atoms with E-state index >= 15 is 0 Å². The Hall–Kier alpha value is -2.28. The van der Waals surface area contributed by atoms with E-state index in [1.807, 2.05) is 0 Å². The van der Waals surface area contributed by atoms with Gasteiger partial charge in [0, 0.05) is 5.69 Å². The molecule has 7 nitrogen and oxygen atoms in total. The molecule has 1 aromatic rings. The molecular weight excluding hydrogens is 360 g/mol. The molecule has 0 saturated carbocycles. The van der Waals surface area contributed by atoms with Gasteiger partial charge < -0.3 is 20.1 Å². The molecule has 8 heteroatoms. The number of amides is 2. The Kier molecular flexibility index (Phi) is 7.44. The van der Waals surface area contributed by atoms with Crippen molar-refractivity contribution in [2.45, 2.75) is 46.3 Å². The molecule has 26 heavy (non-hydrogen) atoms. The summed E-state index contributed by atoms with van der Waals surface area (Å²) in [6, 6.07) is 3.63. The first-order chi connectivity index (χ1) is 11.9. The number of methoxy groups -OCH3 is 1. The summed E-state index contributed by atoms with van der Waals surface area (Å²) in [4.78, 5) is 36.2. The van der Waals surface area contributed by atoms with E-state index in [1.54, 1.807) is 40.7 Å². The number of ether oxygens (including phenoxy) is 2. The van der Waals surface area contributed by atoms with Gasteiger partial charge in [0.25, 0.3) is 0 Å². The average molecular weight is 385 g/mol. The van der Waals surface area contributed by atoms with Gasteiger partial charge in [0.05, 0.1) is 17.7 Å². The molecular formula is C18H25ClN2O5. The molecule has 1 rings (SSSR count). The van der Waals surface area contributed by atoms with E-state index in [9.17, 15) is 14.4 Å². The normalized spacial score (nSPS) is 12.3. The van der Waals surface area contributed by atoms with Crippen molar-refractivity contribution in [2.24, 2.45) is 5.92 Å². The smallest absolute Gasteiger partial charge is 0.408 e. The number of carbonyl (C=O) groups is 3. The minimum absolute atomic E-state index is 0.133. The molecule has 2 N–H and O–H groups in total. The third-order valence-electron chi connectivity index (χ3n) is 3.26. The lowest BCUT2D eigenvalue weighted by Gasteiger charge is -2.25. The SMILES string of the molecule is COC(=O)c1cc(NC(=O)C(NC(=O)OC(C)(C)C)C(C)C)ccc1Cl. The summed E-state index contributed by atoms with van der Waals surface area (Å²) in [5.41, 5.74) is -0.183. The van der Waals surface area contributed by atoms with Gasteiger partial charge in [-0.2, -0.15) is 0 Å². The molecule has 0 aromatic heterocycles. The number of halogens is 1. The van der Waals surface area contributed by atoms with E-state index in [0.717, 1.165) is 0 Å². The van der Waals surface area contributed by atoms with Crippen LogP contribution >= 0.6 is 11.6 Å². The van der Waals surface area contributed by atoms with Gasteiger partial charge >= 0.3 is 12.1 Å². The second kappa shape index (κ2) is 8.89. The number of hydrogen-bond acceptors (Lipinski definition) is 5. The standard InChI is InChI=1S/C18H25ClN2O5/c1-10(2)14(21-17(24)26-18(3,4)5)15(22)20-11-7-8-13(19)12(9-11)16(23)25-6/h7-10,14H,1-6H3,(H,20,22)(H,21,24). The highest BCUT2D eigenvalue weighted by Crippen LogP contribution is 2.22. The van der Waals surface area contributed by atoms with E-state index in [4.69, 9.17) is 16.3 Å². The number of nitrogens with one attached hydrogen (secondary N) is 2. The van der Waals surface area contributed by atoms with Crippen LogP contribution in [-0.2, 0) is 14.3 Å². The third-order valence-corrected chi connectivity index (χ3v) is 3.59. The quantitative estimate of drug-likeness (QED) is 0.756. The fraction of sp³-hybridized carbons (Fsp3) is 0.500. The minimum atomic E-state index is -0.817. The number of benzene rings is 1. The lowest BCUT2D eigenvalue weighted by Crippen LogP contribution is -2.48. The van der Waals surface area contributed by atoms with Crippen LogP contribution in [0.4, 0.5) is 10.5 Å². The molecule has 0 bridgehead atoms. The summed E-state index contributed by atoms with van der Waals surface area (Å²) in [7, 11) is 1.24. The van der Waals surface area contributed by atoms with Crippen molar-refractivity contribution in [2.75, 3.05) is 12.4 Å². The van der Waals surface area contributed by atoms with Crippen molar-refractivity contribution < 1.29 is 23.9 Å². The van der Waals surface area contributed by atoms with Crippen LogP contribution in [0.5, 0.6) is 0 Å². The Balaban J connectivity index is 2.91. The number of esters is 1. The molecule has 0 radical (unpaired) electrons. The summed E-state index contributed by atoms with van der Waals surface area (Å²) >= 11 is 5.96. The molecule has 0 fully saturated rings. The highest BCUT2D eigenvalue weighted by Gasteiger charge is 2.27. The van der Waals surface area contributed by atoms with Crippen LogP contribution in [0.2, 0.25) is 5.02 Å². The van der Waals surface area contributed by atoms with Crippen molar-refractivity contribution in [1.82, 2.24) is 5.32 Å². The van der Waals surface area contributed by atoms with Crippen molar-refractivity contribution in [1.29, 1.82) is 0 Å².